The number of rotatable bonds is 5. The van der Waals surface area contributed by atoms with Gasteiger partial charge < -0.3 is 19.2 Å². The molecule has 0 aliphatic heterocycles. The topological polar surface area (TPSA) is 74.0 Å². The molecule has 7 heteroatoms. The second kappa shape index (κ2) is 6.64. The van der Waals surface area contributed by atoms with Gasteiger partial charge in [0.25, 0.3) is 0 Å². The third kappa shape index (κ3) is 4.61. The maximum atomic E-state index is 11.6. The normalized spacial score (nSPS) is 11.5. The summed E-state index contributed by atoms with van der Waals surface area (Å²) < 4.78 is 9.20. The Morgan fingerprint density at radius 1 is 1.41 bits per heavy atom. The molecule has 0 aromatic carbocycles. The minimum atomic E-state index is -0.482. The minimum absolute atomic E-state index is 0.400. The van der Waals surface area contributed by atoms with Gasteiger partial charge in [-0.05, 0) is 20.8 Å². The number of alkyl carbamates (subject to hydrolysis) is 1. The van der Waals surface area contributed by atoms with Gasteiger partial charge in [0.05, 0.1) is 12.9 Å². The Labute approximate surface area is 130 Å². The van der Waals surface area contributed by atoms with Gasteiger partial charge >= 0.3 is 6.09 Å². The van der Waals surface area contributed by atoms with Crippen molar-refractivity contribution in [1.82, 2.24) is 24.4 Å². The van der Waals surface area contributed by atoms with E-state index >= 15 is 0 Å². The molecule has 0 saturated heterocycles. The average molecular weight is 305 g/mol. The van der Waals surface area contributed by atoms with Gasteiger partial charge in [0.2, 0.25) is 0 Å². The second-order valence-electron chi connectivity index (χ2n) is 6.15. The number of aromatic nitrogens is 4. The van der Waals surface area contributed by atoms with Crippen LogP contribution in [-0.2, 0) is 24.8 Å². The lowest BCUT2D eigenvalue weighted by Crippen LogP contribution is -2.33. The van der Waals surface area contributed by atoms with Crippen LogP contribution in [0.15, 0.2) is 24.9 Å². The summed E-state index contributed by atoms with van der Waals surface area (Å²) in [6, 6.07) is 0. The molecule has 0 spiro atoms. The van der Waals surface area contributed by atoms with E-state index in [1.54, 1.807) is 18.7 Å². The summed E-state index contributed by atoms with van der Waals surface area (Å²) in [6.45, 7) is 6.68. The molecule has 2 aromatic heterocycles. The molecule has 0 aliphatic carbocycles. The van der Waals surface area contributed by atoms with E-state index in [1.807, 2.05) is 43.1 Å². The summed E-state index contributed by atoms with van der Waals surface area (Å²) in [5.41, 5.74) is 0.559. The van der Waals surface area contributed by atoms with Gasteiger partial charge in [0.1, 0.15) is 11.4 Å². The summed E-state index contributed by atoms with van der Waals surface area (Å²) in [6.07, 6.45) is 7.55. The molecule has 0 unspecified atom stereocenters. The molecule has 2 aromatic rings. The van der Waals surface area contributed by atoms with Crippen molar-refractivity contribution in [2.75, 3.05) is 6.54 Å². The quantitative estimate of drug-likeness (QED) is 0.913. The summed E-state index contributed by atoms with van der Waals surface area (Å²) in [4.78, 5) is 20.1. The number of nitrogens with one attached hydrogen (secondary N) is 1. The maximum absolute atomic E-state index is 11.6. The van der Waals surface area contributed by atoms with Gasteiger partial charge in [-0.1, -0.05) is 0 Å². The van der Waals surface area contributed by atoms with Gasteiger partial charge in [0.15, 0.2) is 0 Å². The largest absolute Gasteiger partial charge is 0.444 e. The average Bonchev–Trinajstić information content (AvgIpc) is 2.98. The fourth-order valence-electron chi connectivity index (χ4n) is 2.01. The molecule has 0 atom stereocenters. The highest BCUT2D eigenvalue weighted by molar-refractivity contribution is 5.67. The number of carbonyl (C=O) groups is 1. The molecule has 2 rings (SSSR count). The van der Waals surface area contributed by atoms with Crippen molar-refractivity contribution in [3.05, 3.63) is 36.4 Å². The van der Waals surface area contributed by atoms with E-state index in [0.717, 1.165) is 11.5 Å². The summed E-state index contributed by atoms with van der Waals surface area (Å²) in [5.74, 6) is 0.958. The highest BCUT2D eigenvalue weighted by Crippen LogP contribution is 2.07. The van der Waals surface area contributed by atoms with E-state index in [-0.39, 0.29) is 0 Å². The van der Waals surface area contributed by atoms with Gasteiger partial charge in [-0.15, -0.1) is 0 Å². The van der Waals surface area contributed by atoms with Crippen molar-refractivity contribution < 1.29 is 9.53 Å². The van der Waals surface area contributed by atoms with Crippen molar-refractivity contribution >= 4 is 6.09 Å². The maximum Gasteiger partial charge on any atom is 0.407 e. The number of nitrogens with zero attached hydrogens (tertiary/aromatic N) is 4. The lowest BCUT2D eigenvalue weighted by atomic mass is 10.2. The van der Waals surface area contributed by atoms with Crippen LogP contribution in [0.3, 0.4) is 0 Å². The molecule has 2 heterocycles. The Balaban J connectivity index is 1.86. The van der Waals surface area contributed by atoms with Crippen LogP contribution in [0.1, 0.15) is 32.3 Å². The lowest BCUT2D eigenvalue weighted by molar-refractivity contribution is 0.0528. The van der Waals surface area contributed by atoms with Crippen LogP contribution in [0.25, 0.3) is 0 Å². The SMILES string of the molecule is Cn1ccnc1Cn1cncc1CCNC(=O)OC(C)(C)C. The number of aryl methyl sites for hydroxylation is 1. The summed E-state index contributed by atoms with van der Waals surface area (Å²) >= 11 is 0. The van der Waals surface area contributed by atoms with Crippen molar-refractivity contribution in [2.24, 2.45) is 7.05 Å². The van der Waals surface area contributed by atoms with Crippen molar-refractivity contribution in [2.45, 2.75) is 39.3 Å². The van der Waals surface area contributed by atoms with E-state index in [2.05, 4.69) is 15.3 Å². The van der Waals surface area contributed by atoms with Gasteiger partial charge in [0, 0.05) is 44.3 Å². The highest BCUT2D eigenvalue weighted by Gasteiger charge is 2.15. The molecule has 1 amide bonds. The number of ether oxygens (including phenoxy) is 1. The van der Waals surface area contributed by atoms with E-state index in [9.17, 15) is 4.79 Å². The van der Waals surface area contributed by atoms with Gasteiger partial charge in [-0.3, -0.25) is 0 Å². The zero-order valence-corrected chi connectivity index (χ0v) is 13.5. The standard InChI is InChI=1S/C15H23N5O2/c1-15(2,3)22-14(21)18-6-5-12-9-16-11-20(12)10-13-17-7-8-19(13)4/h7-9,11H,5-6,10H2,1-4H3,(H,18,21). The molecule has 0 saturated carbocycles. The van der Waals surface area contributed by atoms with Crippen LogP contribution in [0.2, 0.25) is 0 Å². The number of amides is 1. The monoisotopic (exact) mass is 305 g/mol. The third-order valence-electron chi connectivity index (χ3n) is 3.08. The van der Waals surface area contributed by atoms with Crippen LogP contribution in [-0.4, -0.2) is 37.3 Å². The number of carbonyl (C=O) groups excluding carboxylic acids is 1. The van der Waals surface area contributed by atoms with Crippen LogP contribution < -0.4 is 5.32 Å². The van der Waals surface area contributed by atoms with E-state index in [4.69, 9.17) is 4.74 Å². The molecule has 0 bridgehead atoms. The Morgan fingerprint density at radius 3 is 2.82 bits per heavy atom. The minimum Gasteiger partial charge on any atom is -0.444 e. The first-order chi connectivity index (χ1) is 10.3. The molecule has 22 heavy (non-hydrogen) atoms. The fourth-order valence-corrected chi connectivity index (χ4v) is 2.01. The predicted molar refractivity (Wildman–Crippen MR) is 82.5 cm³/mol. The van der Waals surface area contributed by atoms with Crippen molar-refractivity contribution in [3.63, 3.8) is 0 Å². The highest BCUT2D eigenvalue weighted by atomic mass is 16.6. The molecule has 120 valence electrons. The first-order valence-electron chi connectivity index (χ1n) is 7.27. The number of imidazole rings is 2. The molecular formula is C15H23N5O2. The van der Waals surface area contributed by atoms with E-state index < -0.39 is 11.7 Å². The number of hydrogen-bond donors (Lipinski definition) is 1. The molecule has 0 aliphatic rings. The van der Waals surface area contributed by atoms with Crippen molar-refractivity contribution in [3.8, 4) is 0 Å². The third-order valence-corrected chi connectivity index (χ3v) is 3.08. The molecular weight excluding hydrogens is 282 g/mol. The van der Waals surface area contributed by atoms with Crippen LogP contribution in [0.4, 0.5) is 4.79 Å². The fraction of sp³-hybridized carbons (Fsp3) is 0.533. The van der Waals surface area contributed by atoms with Gasteiger partial charge in [-0.2, -0.15) is 0 Å². The first kappa shape index (κ1) is 16.1. The summed E-state index contributed by atoms with van der Waals surface area (Å²) in [7, 11) is 1.96. The Kier molecular flexibility index (Phi) is 4.85. The van der Waals surface area contributed by atoms with Crippen LogP contribution >= 0.6 is 0 Å². The Morgan fingerprint density at radius 2 is 2.18 bits per heavy atom. The zero-order chi connectivity index (χ0) is 16.2. The molecule has 0 radical (unpaired) electrons. The van der Waals surface area contributed by atoms with Crippen LogP contribution in [0, 0.1) is 0 Å². The van der Waals surface area contributed by atoms with Crippen molar-refractivity contribution in [1.29, 1.82) is 0 Å². The first-order valence-corrected chi connectivity index (χ1v) is 7.27. The smallest absolute Gasteiger partial charge is 0.407 e. The Hall–Kier alpha value is -2.31. The number of hydrogen-bond acceptors (Lipinski definition) is 4. The van der Waals surface area contributed by atoms with E-state index in [0.29, 0.717) is 19.5 Å². The molecule has 0 fully saturated rings. The lowest BCUT2D eigenvalue weighted by Gasteiger charge is -2.19. The second-order valence-corrected chi connectivity index (χ2v) is 6.15. The predicted octanol–water partition coefficient (Wildman–Crippen LogP) is 1.73. The Bertz CT molecular complexity index is 624. The zero-order valence-electron chi connectivity index (χ0n) is 13.5. The molecule has 7 nitrogen and oxygen atoms in total. The van der Waals surface area contributed by atoms with Gasteiger partial charge in [-0.25, -0.2) is 14.8 Å². The van der Waals surface area contributed by atoms with E-state index in [1.165, 1.54) is 0 Å². The summed E-state index contributed by atoms with van der Waals surface area (Å²) in [5, 5.41) is 2.75. The molecule has 1 N–H and O–H groups in total. The van der Waals surface area contributed by atoms with Crippen LogP contribution in [0.5, 0.6) is 0 Å².